The van der Waals surface area contributed by atoms with Crippen molar-refractivity contribution in [1.29, 1.82) is 0 Å². The van der Waals surface area contributed by atoms with Gasteiger partial charge in [0.15, 0.2) is 0 Å². The third kappa shape index (κ3) is 4.33. The lowest BCUT2D eigenvalue weighted by Gasteiger charge is -2.37. The Morgan fingerprint density at radius 1 is 1.21 bits per heavy atom. The first kappa shape index (κ1) is 21.8. The van der Waals surface area contributed by atoms with Crippen molar-refractivity contribution < 1.29 is 4.79 Å². The number of hydrogen-bond acceptors (Lipinski definition) is 4. The van der Waals surface area contributed by atoms with E-state index in [0.717, 1.165) is 55.2 Å². The Hall–Kier alpha value is -0.880. The predicted octanol–water partition coefficient (Wildman–Crippen LogP) is 5.23. The highest BCUT2D eigenvalue weighted by Gasteiger charge is 2.36. The van der Waals surface area contributed by atoms with Crippen LogP contribution in [0.25, 0.3) is 0 Å². The molecule has 0 aliphatic carbocycles. The molecule has 1 fully saturated rings. The molecule has 0 bridgehead atoms. The van der Waals surface area contributed by atoms with E-state index in [1.165, 1.54) is 0 Å². The average molecular weight is 442 g/mol. The van der Waals surface area contributed by atoms with Gasteiger partial charge in [-0.3, -0.25) is 4.79 Å². The van der Waals surface area contributed by atoms with E-state index in [-0.39, 0.29) is 11.3 Å². The molecule has 1 unspecified atom stereocenters. The van der Waals surface area contributed by atoms with Gasteiger partial charge in [0.05, 0.1) is 4.91 Å². The van der Waals surface area contributed by atoms with Crippen LogP contribution in [-0.4, -0.2) is 59.9 Å². The van der Waals surface area contributed by atoms with Crippen LogP contribution in [0.15, 0.2) is 28.8 Å². The molecule has 1 aromatic carbocycles. The maximum atomic E-state index is 13.2. The van der Waals surface area contributed by atoms with Gasteiger partial charge in [0.25, 0.3) is 5.91 Å². The van der Waals surface area contributed by atoms with Crippen LogP contribution in [0, 0.1) is 0 Å². The molecule has 0 N–H and O–H groups in total. The predicted molar refractivity (Wildman–Crippen MR) is 120 cm³/mol. The van der Waals surface area contributed by atoms with Crippen molar-refractivity contribution in [3.8, 4) is 0 Å². The van der Waals surface area contributed by atoms with Crippen LogP contribution in [0.5, 0.6) is 0 Å². The van der Waals surface area contributed by atoms with E-state index in [1.807, 2.05) is 31.0 Å². The van der Waals surface area contributed by atoms with E-state index in [4.69, 9.17) is 23.2 Å². The Labute approximate surface area is 182 Å². The second-order valence-electron chi connectivity index (χ2n) is 7.41. The summed E-state index contributed by atoms with van der Waals surface area (Å²) in [6.45, 7) is 10.2. The highest BCUT2D eigenvalue weighted by atomic mass is 35.5. The van der Waals surface area contributed by atoms with Crippen LogP contribution < -0.4 is 0 Å². The number of amides is 1. The fourth-order valence-electron chi connectivity index (χ4n) is 4.11. The first-order valence-corrected chi connectivity index (χ1v) is 11.6. The topological polar surface area (TPSA) is 26.8 Å². The summed E-state index contributed by atoms with van der Waals surface area (Å²) in [6, 6.07) is 6.10. The van der Waals surface area contributed by atoms with Gasteiger partial charge in [-0.15, -0.1) is 0 Å². The fourth-order valence-corrected chi connectivity index (χ4v) is 5.98. The molecule has 3 rings (SSSR count). The third-order valence-corrected chi connectivity index (χ3v) is 8.02. The Morgan fingerprint density at radius 3 is 2.46 bits per heavy atom. The highest BCUT2D eigenvalue weighted by molar-refractivity contribution is 8.04. The molecule has 1 atom stereocenters. The molecule has 0 aromatic heterocycles. The zero-order valence-electron chi connectivity index (χ0n) is 17.0. The van der Waals surface area contributed by atoms with E-state index in [2.05, 4.69) is 23.6 Å². The summed E-state index contributed by atoms with van der Waals surface area (Å²) in [6.07, 6.45) is 2.09. The maximum absolute atomic E-state index is 13.2. The summed E-state index contributed by atoms with van der Waals surface area (Å²) < 4.78 is 0. The number of carbonyl (C=O) groups is 1. The van der Waals surface area contributed by atoms with Gasteiger partial charge >= 0.3 is 0 Å². The molecule has 1 aromatic rings. The van der Waals surface area contributed by atoms with E-state index in [0.29, 0.717) is 16.1 Å². The molecule has 154 valence electrons. The van der Waals surface area contributed by atoms with Crippen LogP contribution in [0.1, 0.15) is 44.6 Å². The maximum Gasteiger partial charge on any atom is 0.262 e. The molecular formula is C21H29Cl2N3OS. The van der Waals surface area contributed by atoms with Gasteiger partial charge < -0.3 is 14.7 Å². The molecule has 7 heteroatoms. The summed E-state index contributed by atoms with van der Waals surface area (Å²) in [5, 5.41) is 1.30. The molecule has 2 aliphatic rings. The largest absolute Gasteiger partial charge is 0.361 e. The average Bonchev–Trinajstić information content (AvgIpc) is 2.99. The Morgan fingerprint density at radius 2 is 1.86 bits per heavy atom. The number of halogens is 2. The molecule has 0 saturated carbocycles. The summed E-state index contributed by atoms with van der Waals surface area (Å²) in [4.78, 5) is 20.7. The molecule has 2 heterocycles. The number of likely N-dealkylation sites (tertiary alicyclic amines) is 1. The number of allylic oxidation sites excluding steroid dienone is 1. The minimum atomic E-state index is -0.0293. The van der Waals surface area contributed by atoms with Crippen molar-refractivity contribution in [2.45, 2.75) is 45.0 Å². The quantitative estimate of drug-likeness (QED) is 0.624. The van der Waals surface area contributed by atoms with E-state index >= 15 is 0 Å². The molecule has 2 aliphatic heterocycles. The van der Waals surface area contributed by atoms with E-state index < -0.39 is 0 Å². The van der Waals surface area contributed by atoms with Crippen molar-refractivity contribution >= 4 is 40.9 Å². The number of thioether (sulfide) groups is 1. The number of rotatable bonds is 5. The number of benzene rings is 1. The highest BCUT2D eigenvalue weighted by Crippen LogP contribution is 2.49. The van der Waals surface area contributed by atoms with Gasteiger partial charge in [0, 0.05) is 47.5 Å². The van der Waals surface area contributed by atoms with Gasteiger partial charge in [-0.25, -0.2) is 0 Å². The monoisotopic (exact) mass is 441 g/mol. The molecule has 4 nitrogen and oxygen atoms in total. The molecular weight excluding hydrogens is 413 g/mol. The van der Waals surface area contributed by atoms with Crippen LogP contribution in [0.3, 0.4) is 0 Å². The van der Waals surface area contributed by atoms with Gasteiger partial charge in [-0.1, -0.05) is 48.8 Å². The normalized spacial score (nSPS) is 21.2. The number of nitrogens with zero attached hydrogens (tertiary/aromatic N) is 3. The molecule has 0 radical (unpaired) electrons. The zero-order valence-corrected chi connectivity index (χ0v) is 19.4. The lowest BCUT2D eigenvalue weighted by Crippen LogP contribution is -2.46. The smallest absolute Gasteiger partial charge is 0.262 e. The Balaban J connectivity index is 1.70. The van der Waals surface area contributed by atoms with Crippen molar-refractivity contribution in [1.82, 2.24) is 14.7 Å². The van der Waals surface area contributed by atoms with E-state index in [9.17, 15) is 4.79 Å². The van der Waals surface area contributed by atoms with Crippen molar-refractivity contribution in [3.63, 3.8) is 0 Å². The minimum absolute atomic E-state index is 0.0293. The second-order valence-corrected chi connectivity index (χ2v) is 9.34. The van der Waals surface area contributed by atoms with Gasteiger partial charge in [-0.2, -0.15) is 0 Å². The standard InChI is InChI=1S/C21H29Cl2N3OS/c1-5-25(6-2)16-9-11-26(12-10-16)20(27)19-14(3)24(4)21(28-19)17-13-15(22)7-8-18(17)23/h7-8,13,16,21H,5-6,9-12H2,1-4H3. The molecule has 1 amide bonds. The first-order valence-electron chi connectivity index (χ1n) is 9.96. The second kappa shape index (κ2) is 9.29. The summed E-state index contributed by atoms with van der Waals surface area (Å²) in [7, 11) is 2.01. The fraction of sp³-hybridized carbons (Fsp3) is 0.571. The summed E-state index contributed by atoms with van der Waals surface area (Å²) >= 11 is 14.2. The van der Waals surface area contributed by atoms with E-state index in [1.54, 1.807) is 17.8 Å². The third-order valence-electron chi connectivity index (χ3n) is 5.94. The molecule has 0 spiro atoms. The minimum Gasteiger partial charge on any atom is -0.361 e. The van der Waals surface area contributed by atoms with Crippen LogP contribution in [-0.2, 0) is 4.79 Å². The van der Waals surface area contributed by atoms with Crippen molar-refractivity contribution in [2.75, 3.05) is 33.2 Å². The summed E-state index contributed by atoms with van der Waals surface area (Å²) in [5.74, 6) is 0.146. The van der Waals surface area contributed by atoms with Crippen molar-refractivity contribution in [3.05, 3.63) is 44.4 Å². The number of carbonyl (C=O) groups excluding carboxylic acids is 1. The van der Waals surface area contributed by atoms with Crippen LogP contribution in [0.4, 0.5) is 0 Å². The number of piperidine rings is 1. The van der Waals surface area contributed by atoms with Crippen molar-refractivity contribution in [2.24, 2.45) is 0 Å². The van der Waals surface area contributed by atoms with Gasteiger partial charge in [-0.05, 0) is 51.1 Å². The molecule has 28 heavy (non-hydrogen) atoms. The van der Waals surface area contributed by atoms with Crippen LogP contribution >= 0.6 is 35.0 Å². The van der Waals surface area contributed by atoms with Crippen LogP contribution in [0.2, 0.25) is 10.0 Å². The molecule has 1 saturated heterocycles. The van der Waals surface area contributed by atoms with Gasteiger partial charge in [0.1, 0.15) is 5.37 Å². The summed E-state index contributed by atoms with van der Waals surface area (Å²) in [5.41, 5.74) is 1.95. The lowest BCUT2D eigenvalue weighted by molar-refractivity contribution is -0.128. The Kier molecular flexibility index (Phi) is 7.24. The first-order chi connectivity index (χ1) is 13.4. The Bertz CT molecular complexity index is 758. The zero-order chi connectivity index (χ0) is 20.4. The SMILES string of the molecule is CCN(CC)C1CCN(C(=O)C2=C(C)N(C)C(c3cc(Cl)ccc3Cl)S2)CC1. The number of hydrogen-bond donors (Lipinski definition) is 0. The lowest BCUT2D eigenvalue weighted by atomic mass is 10.0. The van der Waals surface area contributed by atoms with Gasteiger partial charge in [0.2, 0.25) is 0 Å².